The largest absolute Gasteiger partial charge is 0.330 e. The van der Waals surface area contributed by atoms with Crippen molar-refractivity contribution in [2.75, 3.05) is 32.7 Å². The monoisotopic (exact) mass is 360 g/mol. The molecule has 0 bridgehead atoms. The third-order valence-corrected chi connectivity index (χ3v) is 5.52. The Morgan fingerprint density at radius 1 is 0.815 bits per heavy atom. The first-order chi connectivity index (χ1) is 13.3. The second kappa shape index (κ2) is 8.51. The molecule has 1 fully saturated rings. The van der Waals surface area contributed by atoms with E-state index in [0.29, 0.717) is 0 Å². The van der Waals surface area contributed by atoms with E-state index in [4.69, 9.17) is 0 Å². The number of rotatable bonds is 6. The van der Waals surface area contributed by atoms with Crippen molar-refractivity contribution in [2.45, 2.75) is 20.0 Å². The predicted octanol–water partition coefficient (Wildman–Crippen LogP) is 3.68. The van der Waals surface area contributed by atoms with E-state index in [1.165, 1.54) is 16.7 Å². The summed E-state index contributed by atoms with van der Waals surface area (Å²) in [5.41, 5.74) is 4.04. The summed E-state index contributed by atoms with van der Waals surface area (Å²) in [4.78, 5) is 9.70. The lowest BCUT2D eigenvalue weighted by Crippen LogP contribution is -2.46. The van der Waals surface area contributed by atoms with Crippen LogP contribution >= 0.6 is 0 Å². The number of piperazine rings is 1. The number of nitrogens with zero attached hydrogens (tertiary/aromatic N) is 4. The highest BCUT2D eigenvalue weighted by Crippen LogP contribution is 2.17. The van der Waals surface area contributed by atoms with Gasteiger partial charge in [-0.3, -0.25) is 9.80 Å². The summed E-state index contributed by atoms with van der Waals surface area (Å²) in [6.45, 7) is 9.91. The molecule has 4 nitrogen and oxygen atoms in total. The van der Waals surface area contributed by atoms with Crippen LogP contribution in [0.1, 0.15) is 11.1 Å². The van der Waals surface area contributed by atoms with Crippen LogP contribution in [0.4, 0.5) is 0 Å². The van der Waals surface area contributed by atoms with Crippen LogP contribution in [0, 0.1) is 6.92 Å². The summed E-state index contributed by atoms with van der Waals surface area (Å²) >= 11 is 0. The van der Waals surface area contributed by atoms with Crippen molar-refractivity contribution >= 4 is 0 Å². The van der Waals surface area contributed by atoms with Crippen molar-refractivity contribution in [1.29, 1.82) is 0 Å². The van der Waals surface area contributed by atoms with E-state index in [9.17, 15) is 0 Å². The molecule has 4 heteroatoms. The molecule has 0 atom stereocenters. The number of hydrogen-bond acceptors (Lipinski definition) is 3. The molecule has 4 rings (SSSR count). The fourth-order valence-corrected chi connectivity index (χ4v) is 3.79. The SMILES string of the molecule is Cc1ccccc1CN1CCN(CCn2ccnc2-c2ccccc2)CC1. The number of hydrogen-bond donors (Lipinski definition) is 0. The molecule has 0 N–H and O–H groups in total. The number of aryl methyl sites for hydroxylation is 1. The molecule has 2 aromatic carbocycles. The minimum Gasteiger partial charge on any atom is -0.330 e. The third-order valence-electron chi connectivity index (χ3n) is 5.52. The molecule has 0 spiro atoms. The maximum Gasteiger partial charge on any atom is 0.139 e. The van der Waals surface area contributed by atoms with Crippen LogP contribution in [-0.2, 0) is 13.1 Å². The standard InChI is InChI=1S/C23H28N4/c1-20-7-5-6-10-22(20)19-26-15-13-25(14-16-26)17-18-27-12-11-24-23(27)21-8-3-2-4-9-21/h2-12H,13-19H2,1H3. The Balaban J connectivity index is 1.28. The molecule has 0 unspecified atom stereocenters. The molecule has 140 valence electrons. The van der Waals surface area contributed by atoms with Crippen molar-refractivity contribution in [3.8, 4) is 11.4 Å². The van der Waals surface area contributed by atoms with Gasteiger partial charge >= 0.3 is 0 Å². The van der Waals surface area contributed by atoms with Gasteiger partial charge in [-0.15, -0.1) is 0 Å². The van der Waals surface area contributed by atoms with E-state index in [1.807, 2.05) is 12.3 Å². The summed E-state index contributed by atoms with van der Waals surface area (Å²) in [5.74, 6) is 1.06. The molecule has 1 aliphatic rings. The Hall–Kier alpha value is -2.43. The Bertz CT molecular complexity index is 848. The van der Waals surface area contributed by atoms with Gasteiger partial charge in [-0.1, -0.05) is 54.6 Å². The zero-order valence-electron chi connectivity index (χ0n) is 16.1. The smallest absolute Gasteiger partial charge is 0.139 e. The van der Waals surface area contributed by atoms with Gasteiger partial charge in [-0.25, -0.2) is 4.98 Å². The lowest BCUT2D eigenvalue weighted by Gasteiger charge is -2.35. The number of imidazole rings is 1. The van der Waals surface area contributed by atoms with E-state index in [2.05, 4.69) is 81.0 Å². The van der Waals surface area contributed by atoms with E-state index in [-0.39, 0.29) is 0 Å². The van der Waals surface area contributed by atoms with Crippen molar-refractivity contribution in [3.05, 3.63) is 78.1 Å². The molecule has 3 aromatic rings. The molecule has 1 aliphatic heterocycles. The van der Waals surface area contributed by atoms with Gasteiger partial charge in [-0.2, -0.15) is 0 Å². The average molecular weight is 361 g/mol. The molecule has 27 heavy (non-hydrogen) atoms. The minimum absolute atomic E-state index is 0.988. The summed E-state index contributed by atoms with van der Waals surface area (Å²) in [6.07, 6.45) is 4.00. The molecule has 1 aromatic heterocycles. The maximum atomic E-state index is 4.55. The summed E-state index contributed by atoms with van der Waals surface area (Å²) < 4.78 is 2.27. The Morgan fingerprint density at radius 3 is 2.30 bits per heavy atom. The van der Waals surface area contributed by atoms with Gasteiger partial charge in [0.25, 0.3) is 0 Å². The van der Waals surface area contributed by atoms with Crippen LogP contribution in [0.25, 0.3) is 11.4 Å². The predicted molar refractivity (Wildman–Crippen MR) is 111 cm³/mol. The van der Waals surface area contributed by atoms with Crippen LogP contribution in [0.2, 0.25) is 0 Å². The second-order valence-electron chi connectivity index (χ2n) is 7.35. The number of aromatic nitrogens is 2. The summed E-state index contributed by atoms with van der Waals surface area (Å²) in [7, 11) is 0. The molecule has 0 radical (unpaired) electrons. The zero-order chi connectivity index (χ0) is 18.5. The zero-order valence-corrected chi connectivity index (χ0v) is 16.1. The normalized spacial score (nSPS) is 15.9. The topological polar surface area (TPSA) is 24.3 Å². The molecular weight excluding hydrogens is 332 g/mol. The fraction of sp³-hybridized carbons (Fsp3) is 0.348. The summed E-state index contributed by atoms with van der Waals surface area (Å²) in [5, 5.41) is 0. The Labute approximate surface area is 162 Å². The lowest BCUT2D eigenvalue weighted by molar-refractivity contribution is 0.124. The quantitative estimate of drug-likeness (QED) is 0.670. The summed E-state index contributed by atoms with van der Waals surface area (Å²) in [6, 6.07) is 19.2. The van der Waals surface area contributed by atoms with Gasteiger partial charge in [0.1, 0.15) is 5.82 Å². The van der Waals surface area contributed by atoms with Crippen molar-refractivity contribution in [1.82, 2.24) is 19.4 Å². The van der Waals surface area contributed by atoms with Crippen LogP contribution in [-0.4, -0.2) is 52.1 Å². The van der Waals surface area contributed by atoms with Crippen molar-refractivity contribution < 1.29 is 0 Å². The number of benzene rings is 2. The molecular formula is C23H28N4. The van der Waals surface area contributed by atoms with Crippen LogP contribution < -0.4 is 0 Å². The van der Waals surface area contributed by atoms with Gasteiger partial charge < -0.3 is 4.57 Å². The van der Waals surface area contributed by atoms with E-state index >= 15 is 0 Å². The van der Waals surface area contributed by atoms with E-state index in [0.717, 1.165) is 51.6 Å². The molecule has 2 heterocycles. The Morgan fingerprint density at radius 2 is 1.52 bits per heavy atom. The van der Waals surface area contributed by atoms with Crippen LogP contribution in [0.3, 0.4) is 0 Å². The van der Waals surface area contributed by atoms with Gasteiger partial charge in [0, 0.05) is 63.8 Å². The van der Waals surface area contributed by atoms with Crippen molar-refractivity contribution in [3.63, 3.8) is 0 Å². The van der Waals surface area contributed by atoms with Crippen LogP contribution in [0.15, 0.2) is 67.0 Å². The first kappa shape index (κ1) is 18.0. The first-order valence-electron chi connectivity index (χ1n) is 9.85. The second-order valence-corrected chi connectivity index (χ2v) is 7.35. The lowest BCUT2D eigenvalue weighted by atomic mass is 10.1. The maximum absolute atomic E-state index is 4.55. The van der Waals surface area contributed by atoms with Gasteiger partial charge in [-0.05, 0) is 18.1 Å². The van der Waals surface area contributed by atoms with Crippen molar-refractivity contribution in [2.24, 2.45) is 0 Å². The van der Waals surface area contributed by atoms with Gasteiger partial charge in [0.2, 0.25) is 0 Å². The molecule has 1 saturated heterocycles. The fourth-order valence-electron chi connectivity index (χ4n) is 3.79. The van der Waals surface area contributed by atoms with Crippen LogP contribution in [0.5, 0.6) is 0 Å². The highest BCUT2D eigenvalue weighted by molar-refractivity contribution is 5.55. The highest BCUT2D eigenvalue weighted by atomic mass is 15.3. The molecule has 0 saturated carbocycles. The third kappa shape index (κ3) is 4.46. The highest BCUT2D eigenvalue weighted by Gasteiger charge is 2.17. The minimum atomic E-state index is 0.988. The van der Waals surface area contributed by atoms with E-state index < -0.39 is 0 Å². The average Bonchev–Trinajstić information content (AvgIpc) is 3.18. The van der Waals surface area contributed by atoms with E-state index in [1.54, 1.807) is 0 Å². The molecule has 0 aliphatic carbocycles. The first-order valence-corrected chi connectivity index (χ1v) is 9.85. The van der Waals surface area contributed by atoms with Gasteiger partial charge in [0.15, 0.2) is 0 Å². The molecule has 0 amide bonds. The Kier molecular flexibility index (Phi) is 5.66. The van der Waals surface area contributed by atoms with Gasteiger partial charge in [0.05, 0.1) is 0 Å².